The SMILES string of the molecule is CC(C)(C)c1cccc(CC(C)(C)N2CCOCC2)c1. The van der Waals surface area contributed by atoms with E-state index in [4.69, 9.17) is 4.74 Å². The molecule has 20 heavy (non-hydrogen) atoms. The molecule has 0 unspecified atom stereocenters. The van der Waals surface area contributed by atoms with E-state index < -0.39 is 0 Å². The lowest BCUT2D eigenvalue weighted by atomic mass is 9.84. The Kier molecular flexibility index (Phi) is 4.55. The molecule has 0 aliphatic carbocycles. The van der Waals surface area contributed by atoms with Crippen LogP contribution in [0.5, 0.6) is 0 Å². The van der Waals surface area contributed by atoms with Gasteiger partial charge >= 0.3 is 0 Å². The lowest BCUT2D eigenvalue weighted by Crippen LogP contribution is -2.51. The molecule has 2 heteroatoms. The van der Waals surface area contributed by atoms with Gasteiger partial charge in [0, 0.05) is 18.6 Å². The summed E-state index contributed by atoms with van der Waals surface area (Å²) in [6.07, 6.45) is 1.09. The summed E-state index contributed by atoms with van der Waals surface area (Å²) in [5.74, 6) is 0. The highest BCUT2D eigenvalue weighted by molar-refractivity contribution is 5.29. The van der Waals surface area contributed by atoms with Crippen LogP contribution in [0.3, 0.4) is 0 Å². The second-order valence-electron chi connectivity index (χ2n) is 7.54. The smallest absolute Gasteiger partial charge is 0.0594 e. The van der Waals surface area contributed by atoms with Crippen molar-refractivity contribution in [2.75, 3.05) is 26.3 Å². The molecule has 1 saturated heterocycles. The molecule has 0 radical (unpaired) electrons. The van der Waals surface area contributed by atoms with E-state index in [1.165, 1.54) is 11.1 Å². The summed E-state index contributed by atoms with van der Waals surface area (Å²) in [6, 6.07) is 9.08. The van der Waals surface area contributed by atoms with Gasteiger partial charge in [0.15, 0.2) is 0 Å². The van der Waals surface area contributed by atoms with E-state index in [1.54, 1.807) is 0 Å². The number of rotatable bonds is 3. The Hall–Kier alpha value is -0.860. The largest absolute Gasteiger partial charge is 0.379 e. The molecule has 0 N–H and O–H groups in total. The van der Waals surface area contributed by atoms with Crippen LogP contribution in [-0.4, -0.2) is 36.7 Å². The maximum atomic E-state index is 5.47. The molecular weight excluding hydrogens is 246 g/mol. The van der Waals surface area contributed by atoms with Crippen molar-refractivity contribution in [1.82, 2.24) is 4.90 Å². The third kappa shape index (κ3) is 3.83. The van der Waals surface area contributed by atoms with Gasteiger partial charge < -0.3 is 4.74 Å². The van der Waals surface area contributed by atoms with Gasteiger partial charge in [0.1, 0.15) is 0 Å². The second kappa shape index (κ2) is 5.87. The molecule has 0 spiro atoms. The average Bonchev–Trinajstić information content (AvgIpc) is 2.38. The van der Waals surface area contributed by atoms with Crippen LogP contribution in [0, 0.1) is 0 Å². The molecule has 0 saturated carbocycles. The summed E-state index contributed by atoms with van der Waals surface area (Å²) in [4.78, 5) is 2.56. The summed E-state index contributed by atoms with van der Waals surface area (Å²) in [7, 11) is 0. The van der Waals surface area contributed by atoms with Gasteiger partial charge in [-0.3, -0.25) is 4.90 Å². The predicted octanol–water partition coefficient (Wildman–Crippen LogP) is 3.64. The topological polar surface area (TPSA) is 12.5 Å². The summed E-state index contributed by atoms with van der Waals surface area (Å²) < 4.78 is 5.47. The number of hydrogen-bond donors (Lipinski definition) is 0. The Labute approximate surface area is 124 Å². The van der Waals surface area contributed by atoms with Gasteiger partial charge in [-0.1, -0.05) is 45.0 Å². The first kappa shape index (κ1) is 15.5. The molecule has 1 aliphatic heterocycles. The quantitative estimate of drug-likeness (QED) is 0.835. The first-order chi connectivity index (χ1) is 9.29. The van der Waals surface area contributed by atoms with Crippen LogP contribution in [0.25, 0.3) is 0 Å². The highest BCUT2D eigenvalue weighted by Gasteiger charge is 2.28. The molecule has 1 aromatic carbocycles. The van der Waals surface area contributed by atoms with E-state index in [2.05, 4.69) is 63.8 Å². The molecule has 112 valence electrons. The normalized spacial score (nSPS) is 18.2. The monoisotopic (exact) mass is 275 g/mol. The van der Waals surface area contributed by atoms with Crippen LogP contribution >= 0.6 is 0 Å². The predicted molar refractivity (Wildman–Crippen MR) is 85.3 cm³/mol. The number of hydrogen-bond acceptors (Lipinski definition) is 2. The Morgan fingerprint density at radius 3 is 2.30 bits per heavy atom. The maximum absolute atomic E-state index is 5.47. The molecule has 1 aliphatic rings. The summed E-state index contributed by atoms with van der Waals surface area (Å²) in [6.45, 7) is 15.4. The Bertz CT molecular complexity index is 439. The highest BCUT2D eigenvalue weighted by Crippen LogP contribution is 2.26. The first-order valence-corrected chi connectivity index (χ1v) is 7.71. The van der Waals surface area contributed by atoms with Crippen molar-refractivity contribution in [1.29, 1.82) is 0 Å². The van der Waals surface area contributed by atoms with E-state index in [0.717, 1.165) is 32.7 Å². The van der Waals surface area contributed by atoms with Crippen molar-refractivity contribution in [3.8, 4) is 0 Å². The fourth-order valence-corrected chi connectivity index (χ4v) is 2.93. The minimum Gasteiger partial charge on any atom is -0.379 e. The molecule has 0 bridgehead atoms. The third-order valence-corrected chi connectivity index (χ3v) is 4.30. The Balaban J connectivity index is 2.12. The molecule has 1 aromatic rings. The van der Waals surface area contributed by atoms with Crippen molar-refractivity contribution in [2.24, 2.45) is 0 Å². The van der Waals surface area contributed by atoms with E-state index in [-0.39, 0.29) is 11.0 Å². The summed E-state index contributed by atoms with van der Waals surface area (Å²) in [5, 5.41) is 0. The van der Waals surface area contributed by atoms with Crippen molar-refractivity contribution < 1.29 is 4.74 Å². The van der Waals surface area contributed by atoms with E-state index in [1.807, 2.05) is 0 Å². The molecule has 2 nitrogen and oxygen atoms in total. The molecule has 0 aromatic heterocycles. The summed E-state index contributed by atoms with van der Waals surface area (Å²) >= 11 is 0. The van der Waals surface area contributed by atoms with Gasteiger partial charge in [-0.05, 0) is 36.8 Å². The Morgan fingerprint density at radius 1 is 1.05 bits per heavy atom. The van der Waals surface area contributed by atoms with Gasteiger partial charge in [0.25, 0.3) is 0 Å². The van der Waals surface area contributed by atoms with Crippen LogP contribution in [-0.2, 0) is 16.6 Å². The molecule has 0 amide bonds. The second-order valence-corrected chi connectivity index (χ2v) is 7.54. The first-order valence-electron chi connectivity index (χ1n) is 7.71. The lowest BCUT2D eigenvalue weighted by Gasteiger charge is -2.41. The number of benzene rings is 1. The molecule has 1 heterocycles. The van der Waals surface area contributed by atoms with Crippen LogP contribution in [0.2, 0.25) is 0 Å². The van der Waals surface area contributed by atoms with Gasteiger partial charge in [0.2, 0.25) is 0 Å². The molecular formula is C18H29NO. The number of ether oxygens (including phenoxy) is 1. The van der Waals surface area contributed by atoms with Gasteiger partial charge in [-0.25, -0.2) is 0 Å². The van der Waals surface area contributed by atoms with E-state index >= 15 is 0 Å². The van der Waals surface area contributed by atoms with Gasteiger partial charge in [-0.15, -0.1) is 0 Å². The minimum atomic E-state index is 0.195. The Morgan fingerprint density at radius 2 is 1.70 bits per heavy atom. The number of nitrogens with zero attached hydrogens (tertiary/aromatic N) is 1. The van der Waals surface area contributed by atoms with Gasteiger partial charge in [-0.2, -0.15) is 0 Å². The zero-order chi connectivity index (χ0) is 14.8. The van der Waals surface area contributed by atoms with Crippen LogP contribution < -0.4 is 0 Å². The molecule has 1 fully saturated rings. The standard InChI is InChI=1S/C18H29NO/c1-17(2,3)16-8-6-7-15(13-16)14-18(4,5)19-9-11-20-12-10-19/h6-8,13H,9-12,14H2,1-5H3. The minimum absolute atomic E-state index is 0.195. The molecule has 0 atom stereocenters. The van der Waals surface area contributed by atoms with E-state index in [9.17, 15) is 0 Å². The third-order valence-electron chi connectivity index (χ3n) is 4.30. The van der Waals surface area contributed by atoms with Crippen molar-refractivity contribution >= 4 is 0 Å². The zero-order valence-electron chi connectivity index (χ0n) is 13.7. The van der Waals surface area contributed by atoms with Crippen molar-refractivity contribution in [2.45, 2.75) is 52.0 Å². The van der Waals surface area contributed by atoms with E-state index in [0.29, 0.717) is 0 Å². The zero-order valence-corrected chi connectivity index (χ0v) is 13.7. The fraction of sp³-hybridized carbons (Fsp3) is 0.667. The van der Waals surface area contributed by atoms with Crippen LogP contribution in [0.15, 0.2) is 24.3 Å². The highest BCUT2D eigenvalue weighted by atomic mass is 16.5. The van der Waals surface area contributed by atoms with Crippen molar-refractivity contribution in [3.63, 3.8) is 0 Å². The lowest BCUT2D eigenvalue weighted by molar-refractivity contribution is -0.00985. The average molecular weight is 275 g/mol. The summed E-state index contributed by atoms with van der Waals surface area (Å²) in [5.41, 5.74) is 3.28. The van der Waals surface area contributed by atoms with Crippen LogP contribution in [0.4, 0.5) is 0 Å². The van der Waals surface area contributed by atoms with Crippen molar-refractivity contribution in [3.05, 3.63) is 35.4 Å². The molecule has 2 rings (SSSR count). The van der Waals surface area contributed by atoms with Crippen LogP contribution in [0.1, 0.15) is 45.7 Å². The fourth-order valence-electron chi connectivity index (χ4n) is 2.93. The van der Waals surface area contributed by atoms with Gasteiger partial charge in [0.05, 0.1) is 13.2 Å². The number of morpholine rings is 1. The maximum Gasteiger partial charge on any atom is 0.0594 e.